The second kappa shape index (κ2) is 7.14. The van der Waals surface area contributed by atoms with Gasteiger partial charge >= 0.3 is 0 Å². The molecule has 122 valence electrons. The number of nitrogens with zero attached hydrogens (tertiary/aromatic N) is 1. The van der Waals surface area contributed by atoms with Crippen molar-refractivity contribution in [3.8, 4) is 0 Å². The summed E-state index contributed by atoms with van der Waals surface area (Å²) in [5.74, 6) is 0.672. The number of likely N-dealkylation sites (N-methyl/N-ethyl adjacent to an activating group) is 1. The van der Waals surface area contributed by atoms with Crippen molar-refractivity contribution in [1.29, 1.82) is 0 Å². The van der Waals surface area contributed by atoms with Gasteiger partial charge in [0, 0.05) is 12.6 Å². The quantitative estimate of drug-likeness (QED) is 0.873. The van der Waals surface area contributed by atoms with Gasteiger partial charge in [0.15, 0.2) is 0 Å². The Hall–Kier alpha value is -0.860. The monoisotopic (exact) mass is 301 g/mol. The summed E-state index contributed by atoms with van der Waals surface area (Å²) in [7, 11) is 2.22. The molecule has 1 atom stereocenters. The molecule has 2 aliphatic rings. The summed E-state index contributed by atoms with van der Waals surface area (Å²) < 4.78 is 0. The van der Waals surface area contributed by atoms with E-state index >= 15 is 0 Å². The Bertz CT molecular complexity index is 446. The molecule has 1 aromatic carbocycles. The number of hydrogen-bond acceptors (Lipinski definition) is 2. The van der Waals surface area contributed by atoms with Crippen LogP contribution in [0.3, 0.4) is 0 Å². The summed E-state index contributed by atoms with van der Waals surface area (Å²) in [6.45, 7) is 0.949. The van der Waals surface area contributed by atoms with E-state index in [2.05, 4.69) is 42.3 Å². The zero-order chi connectivity index (χ0) is 15.4. The van der Waals surface area contributed by atoms with Crippen LogP contribution in [0.2, 0.25) is 0 Å². The van der Waals surface area contributed by atoms with Crippen LogP contribution < -0.4 is 0 Å². The Kier molecular flexibility index (Phi) is 5.20. The first-order valence-electron chi connectivity index (χ1n) is 9.16. The largest absolute Gasteiger partial charge is 0.388 e. The molecule has 0 aliphatic heterocycles. The SMILES string of the molecule is CN(Cc1ccccc1)[C@@H](C1CCCCC1)C1(O)CCCC1. The van der Waals surface area contributed by atoms with Crippen molar-refractivity contribution in [2.45, 2.75) is 76.0 Å². The van der Waals surface area contributed by atoms with Crippen LogP contribution in [-0.4, -0.2) is 28.7 Å². The van der Waals surface area contributed by atoms with E-state index in [9.17, 15) is 5.11 Å². The van der Waals surface area contributed by atoms with Crippen LogP contribution in [0.1, 0.15) is 63.4 Å². The zero-order valence-corrected chi connectivity index (χ0v) is 14.0. The molecule has 2 heteroatoms. The van der Waals surface area contributed by atoms with Gasteiger partial charge in [-0.1, -0.05) is 62.4 Å². The van der Waals surface area contributed by atoms with Crippen molar-refractivity contribution in [1.82, 2.24) is 4.90 Å². The average molecular weight is 301 g/mol. The molecule has 0 saturated heterocycles. The molecule has 0 bridgehead atoms. The third-order valence-electron chi connectivity index (χ3n) is 5.87. The van der Waals surface area contributed by atoms with E-state index in [1.54, 1.807) is 0 Å². The normalized spacial score (nSPS) is 23.8. The summed E-state index contributed by atoms with van der Waals surface area (Å²) >= 11 is 0. The first-order valence-corrected chi connectivity index (χ1v) is 9.16. The summed E-state index contributed by atoms with van der Waals surface area (Å²) in [6, 6.07) is 11.0. The second-order valence-corrected chi connectivity index (χ2v) is 7.55. The van der Waals surface area contributed by atoms with Crippen molar-refractivity contribution < 1.29 is 5.11 Å². The minimum atomic E-state index is -0.453. The van der Waals surface area contributed by atoms with Gasteiger partial charge in [-0.15, -0.1) is 0 Å². The van der Waals surface area contributed by atoms with E-state index in [1.165, 1.54) is 50.5 Å². The zero-order valence-electron chi connectivity index (χ0n) is 14.0. The van der Waals surface area contributed by atoms with E-state index in [-0.39, 0.29) is 0 Å². The lowest BCUT2D eigenvalue weighted by atomic mass is 9.75. The van der Waals surface area contributed by atoms with Gasteiger partial charge in [-0.05, 0) is 44.2 Å². The molecule has 2 fully saturated rings. The van der Waals surface area contributed by atoms with Crippen molar-refractivity contribution in [2.24, 2.45) is 5.92 Å². The highest BCUT2D eigenvalue weighted by Gasteiger charge is 2.45. The van der Waals surface area contributed by atoms with Crippen molar-refractivity contribution in [3.63, 3.8) is 0 Å². The van der Waals surface area contributed by atoms with Gasteiger partial charge in [0.25, 0.3) is 0 Å². The Balaban J connectivity index is 1.77. The molecule has 2 aliphatic carbocycles. The highest BCUT2D eigenvalue weighted by Crippen LogP contribution is 2.42. The fourth-order valence-electron chi connectivity index (χ4n) is 4.91. The minimum Gasteiger partial charge on any atom is -0.388 e. The third kappa shape index (κ3) is 3.55. The Morgan fingerprint density at radius 2 is 1.68 bits per heavy atom. The van der Waals surface area contributed by atoms with Crippen LogP contribution in [0.15, 0.2) is 30.3 Å². The number of hydrogen-bond donors (Lipinski definition) is 1. The molecule has 2 saturated carbocycles. The Morgan fingerprint density at radius 3 is 2.32 bits per heavy atom. The summed E-state index contributed by atoms with van der Waals surface area (Å²) in [6.07, 6.45) is 11.0. The maximum Gasteiger partial charge on any atom is 0.0804 e. The molecule has 2 nitrogen and oxygen atoms in total. The summed E-state index contributed by atoms with van der Waals surface area (Å²) in [5, 5.41) is 11.3. The predicted molar refractivity (Wildman–Crippen MR) is 91.7 cm³/mol. The Morgan fingerprint density at radius 1 is 1.05 bits per heavy atom. The molecule has 0 spiro atoms. The first kappa shape index (κ1) is 16.0. The lowest BCUT2D eigenvalue weighted by Crippen LogP contribution is -2.54. The van der Waals surface area contributed by atoms with Gasteiger partial charge < -0.3 is 5.11 Å². The molecule has 1 N–H and O–H groups in total. The molecule has 3 rings (SSSR count). The number of benzene rings is 1. The maximum atomic E-state index is 11.3. The molecule has 0 aromatic heterocycles. The van der Waals surface area contributed by atoms with E-state index in [1.807, 2.05) is 0 Å². The maximum absolute atomic E-state index is 11.3. The van der Waals surface area contributed by atoms with E-state index < -0.39 is 5.60 Å². The van der Waals surface area contributed by atoms with Gasteiger partial charge in [-0.2, -0.15) is 0 Å². The van der Waals surface area contributed by atoms with Gasteiger partial charge in [0.05, 0.1) is 5.60 Å². The third-order valence-corrected chi connectivity index (χ3v) is 5.87. The van der Waals surface area contributed by atoms with Crippen LogP contribution in [0, 0.1) is 5.92 Å². The lowest BCUT2D eigenvalue weighted by Gasteiger charge is -2.45. The van der Waals surface area contributed by atoms with Crippen LogP contribution in [0.4, 0.5) is 0 Å². The molecular formula is C20H31NO. The van der Waals surface area contributed by atoms with Crippen LogP contribution in [-0.2, 0) is 6.54 Å². The highest BCUT2D eigenvalue weighted by molar-refractivity contribution is 5.15. The molecule has 0 unspecified atom stereocenters. The first-order chi connectivity index (χ1) is 10.7. The van der Waals surface area contributed by atoms with Gasteiger partial charge in [0.1, 0.15) is 0 Å². The van der Waals surface area contributed by atoms with Crippen molar-refractivity contribution in [3.05, 3.63) is 35.9 Å². The fraction of sp³-hybridized carbons (Fsp3) is 0.700. The van der Waals surface area contributed by atoms with Gasteiger partial charge in [-0.3, -0.25) is 4.90 Å². The predicted octanol–water partition coefficient (Wildman–Crippen LogP) is 4.37. The second-order valence-electron chi connectivity index (χ2n) is 7.55. The van der Waals surface area contributed by atoms with Crippen molar-refractivity contribution >= 4 is 0 Å². The number of aliphatic hydroxyl groups is 1. The van der Waals surface area contributed by atoms with E-state index in [0.717, 1.165) is 19.4 Å². The van der Waals surface area contributed by atoms with E-state index in [4.69, 9.17) is 0 Å². The fourth-order valence-corrected chi connectivity index (χ4v) is 4.91. The van der Waals surface area contributed by atoms with Gasteiger partial charge in [0.2, 0.25) is 0 Å². The lowest BCUT2D eigenvalue weighted by molar-refractivity contribution is -0.0682. The molecule has 1 aromatic rings. The van der Waals surface area contributed by atoms with Crippen molar-refractivity contribution in [2.75, 3.05) is 7.05 Å². The summed E-state index contributed by atoms with van der Waals surface area (Å²) in [4.78, 5) is 2.46. The average Bonchev–Trinajstić information content (AvgIpc) is 2.96. The smallest absolute Gasteiger partial charge is 0.0804 e. The summed E-state index contributed by atoms with van der Waals surface area (Å²) in [5.41, 5.74) is 0.901. The standard InChI is InChI=1S/C20H31NO/c1-21(16-17-10-4-2-5-11-17)19(18-12-6-3-7-13-18)20(22)14-8-9-15-20/h2,4-5,10-11,18-19,22H,3,6-9,12-16H2,1H3/t19-/m0/s1. The topological polar surface area (TPSA) is 23.5 Å². The van der Waals surface area contributed by atoms with Gasteiger partial charge in [-0.25, -0.2) is 0 Å². The molecule has 0 amide bonds. The van der Waals surface area contributed by atoms with Crippen LogP contribution in [0.5, 0.6) is 0 Å². The van der Waals surface area contributed by atoms with Crippen LogP contribution in [0.25, 0.3) is 0 Å². The molecular weight excluding hydrogens is 270 g/mol. The Labute approximate surface area is 135 Å². The molecule has 0 radical (unpaired) electrons. The highest BCUT2D eigenvalue weighted by atomic mass is 16.3. The molecule has 0 heterocycles. The molecule has 22 heavy (non-hydrogen) atoms. The van der Waals surface area contributed by atoms with Crippen LogP contribution >= 0.6 is 0 Å². The number of rotatable bonds is 5. The van der Waals surface area contributed by atoms with E-state index in [0.29, 0.717) is 12.0 Å². The minimum absolute atomic E-state index is 0.329.